The van der Waals surface area contributed by atoms with Gasteiger partial charge in [-0.3, -0.25) is 14.6 Å². The van der Waals surface area contributed by atoms with E-state index in [1.54, 1.807) is 13.8 Å². The summed E-state index contributed by atoms with van der Waals surface area (Å²) in [5.41, 5.74) is 15.5. The van der Waals surface area contributed by atoms with Crippen LogP contribution in [0, 0.1) is 5.92 Å². The van der Waals surface area contributed by atoms with Crippen LogP contribution in [0.3, 0.4) is 0 Å². The van der Waals surface area contributed by atoms with E-state index in [0.29, 0.717) is 13.0 Å². The summed E-state index contributed by atoms with van der Waals surface area (Å²) in [5.74, 6) is -0.974. The maximum absolute atomic E-state index is 11.5. The monoisotopic (exact) mass is 272 g/mol. The van der Waals surface area contributed by atoms with E-state index >= 15 is 0 Å². The van der Waals surface area contributed by atoms with Crippen molar-refractivity contribution in [2.24, 2.45) is 28.1 Å². The Morgan fingerprint density at radius 3 is 2.26 bits per heavy atom. The van der Waals surface area contributed by atoms with Crippen LogP contribution in [0.25, 0.3) is 0 Å². The summed E-state index contributed by atoms with van der Waals surface area (Å²) in [7, 11) is 0. The van der Waals surface area contributed by atoms with Crippen molar-refractivity contribution in [2.75, 3.05) is 6.54 Å². The van der Waals surface area contributed by atoms with Crippen LogP contribution < -0.4 is 17.2 Å². The van der Waals surface area contributed by atoms with Gasteiger partial charge in [0.2, 0.25) is 5.91 Å². The van der Waals surface area contributed by atoms with Gasteiger partial charge >= 0.3 is 5.97 Å². The van der Waals surface area contributed by atoms with E-state index in [-0.39, 0.29) is 24.3 Å². The van der Waals surface area contributed by atoms with Gasteiger partial charge < -0.3 is 21.9 Å². The molecule has 7 nitrogen and oxygen atoms in total. The van der Waals surface area contributed by atoms with Crippen LogP contribution in [0.5, 0.6) is 0 Å². The predicted molar refractivity (Wildman–Crippen MR) is 73.1 cm³/mol. The normalized spacial score (nSPS) is 11.9. The Hall–Kier alpha value is -1.79. The Morgan fingerprint density at radius 2 is 1.79 bits per heavy atom. The molecule has 0 unspecified atom stereocenters. The minimum atomic E-state index is -0.481. The second kappa shape index (κ2) is 9.18. The standard InChI is InChI=1S/C12H24N4O3/c1-8(2)11(18)19-9(7-10(13)17)5-3-4-6-16-12(14)15/h8-9H,3-7H2,1-2H3,(H2,13,17)(H4,14,15,16)/t9-/m0/s1. The largest absolute Gasteiger partial charge is 0.462 e. The number of hydrogen-bond donors (Lipinski definition) is 3. The molecule has 0 aromatic carbocycles. The summed E-state index contributed by atoms with van der Waals surface area (Å²) in [6, 6.07) is 0. The maximum Gasteiger partial charge on any atom is 0.308 e. The lowest BCUT2D eigenvalue weighted by Gasteiger charge is -2.17. The summed E-state index contributed by atoms with van der Waals surface area (Å²) in [6.45, 7) is 3.99. The summed E-state index contributed by atoms with van der Waals surface area (Å²) in [5, 5.41) is 0. The molecule has 0 aromatic rings. The first-order valence-electron chi connectivity index (χ1n) is 6.37. The number of nitrogens with two attached hydrogens (primary N) is 3. The molecule has 110 valence electrons. The fourth-order valence-corrected chi connectivity index (χ4v) is 1.42. The number of primary amides is 1. The Morgan fingerprint density at radius 1 is 1.16 bits per heavy atom. The third kappa shape index (κ3) is 9.87. The van der Waals surface area contributed by atoms with Gasteiger partial charge in [-0.05, 0) is 19.3 Å². The van der Waals surface area contributed by atoms with E-state index in [4.69, 9.17) is 21.9 Å². The average molecular weight is 272 g/mol. The minimum absolute atomic E-state index is 0.0424. The highest BCUT2D eigenvalue weighted by molar-refractivity contribution is 5.76. The molecule has 7 heteroatoms. The molecule has 0 heterocycles. The van der Waals surface area contributed by atoms with Crippen molar-refractivity contribution >= 4 is 17.8 Å². The number of carbonyl (C=O) groups excluding carboxylic acids is 2. The average Bonchev–Trinajstić information content (AvgIpc) is 2.26. The van der Waals surface area contributed by atoms with Crippen LogP contribution >= 0.6 is 0 Å². The first kappa shape index (κ1) is 17.2. The number of esters is 1. The van der Waals surface area contributed by atoms with E-state index in [2.05, 4.69) is 4.99 Å². The Kier molecular flexibility index (Phi) is 8.32. The molecular formula is C12H24N4O3. The SMILES string of the molecule is CC(C)C(=O)O[C@@H](CCCCN=C(N)N)CC(N)=O. The molecule has 0 bridgehead atoms. The van der Waals surface area contributed by atoms with Crippen molar-refractivity contribution in [3.8, 4) is 0 Å². The van der Waals surface area contributed by atoms with Gasteiger partial charge in [0.05, 0.1) is 12.3 Å². The Bertz CT molecular complexity index is 325. The lowest BCUT2D eigenvalue weighted by molar-refractivity contribution is -0.154. The predicted octanol–water partition coefficient (Wildman–Crippen LogP) is -0.127. The molecule has 0 radical (unpaired) electrons. The minimum Gasteiger partial charge on any atom is -0.462 e. The summed E-state index contributed by atoms with van der Waals surface area (Å²) in [4.78, 5) is 26.2. The zero-order valence-corrected chi connectivity index (χ0v) is 11.6. The first-order chi connectivity index (χ1) is 8.82. The van der Waals surface area contributed by atoms with Crippen LogP contribution in [-0.4, -0.2) is 30.5 Å². The topological polar surface area (TPSA) is 134 Å². The second-order valence-electron chi connectivity index (χ2n) is 4.69. The molecule has 0 aliphatic carbocycles. The fourth-order valence-electron chi connectivity index (χ4n) is 1.42. The fraction of sp³-hybridized carbons (Fsp3) is 0.750. The zero-order valence-electron chi connectivity index (χ0n) is 11.6. The number of aliphatic imine (C=N–C) groups is 1. The zero-order chi connectivity index (χ0) is 14.8. The third-order valence-electron chi connectivity index (χ3n) is 2.41. The molecule has 0 saturated heterocycles. The lowest BCUT2D eigenvalue weighted by Crippen LogP contribution is -2.27. The summed E-state index contributed by atoms with van der Waals surface area (Å²) >= 11 is 0. The molecule has 0 spiro atoms. The number of nitrogens with zero attached hydrogens (tertiary/aromatic N) is 1. The number of carbonyl (C=O) groups is 2. The van der Waals surface area contributed by atoms with Gasteiger partial charge in [0.15, 0.2) is 5.96 Å². The second-order valence-corrected chi connectivity index (χ2v) is 4.69. The van der Waals surface area contributed by atoms with Gasteiger partial charge in [-0.25, -0.2) is 0 Å². The molecule has 0 fully saturated rings. The van der Waals surface area contributed by atoms with Crippen molar-refractivity contribution in [1.82, 2.24) is 0 Å². The smallest absolute Gasteiger partial charge is 0.308 e. The molecule has 19 heavy (non-hydrogen) atoms. The van der Waals surface area contributed by atoms with Crippen LogP contribution in [0.1, 0.15) is 39.5 Å². The van der Waals surface area contributed by atoms with Crippen molar-refractivity contribution in [3.05, 3.63) is 0 Å². The number of guanidine groups is 1. The molecule has 6 N–H and O–H groups in total. The van der Waals surface area contributed by atoms with Gasteiger partial charge in [-0.15, -0.1) is 0 Å². The van der Waals surface area contributed by atoms with Crippen molar-refractivity contribution < 1.29 is 14.3 Å². The third-order valence-corrected chi connectivity index (χ3v) is 2.41. The number of hydrogen-bond acceptors (Lipinski definition) is 4. The Balaban J connectivity index is 4.10. The van der Waals surface area contributed by atoms with Crippen molar-refractivity contribution in [3.63, 3.8) is 0 Å². The van der Waals surface area contributed by atoms with Crippen LogP contribution in [-0.2, 0) is 14.3 Å². The van der Waals surface area contributed by atoms with Gasteiger partial charge in [0.1, 0.15) is 6.10 Å². The van der Waals surface area contributed by atoms with Crippen LogP contribution in [0.4, 0.5) is 0 Å². The van der Waals surface area contributed by atoms with E-state index < -0.39 is 12.0 Å². The number of amides is 1. The maximum atomic E-state index is 11.5. The highest BCUT2D eigenvalue weighted by atomic mass is 16.5. The summed E-state index contributed by atoms with van der Waals surface area (Å²) in [6.07, 6.45) is 1.65. The molecule has 0 rings (SSSR count). The van der Waals surface area contributed by atoms with Crippen LogP contribution in [0.15, 0.2) is 4.99 Å². The molecular weight excluding hydrogens is 248 g/mol. The van der Waals surface area contributed by atoms with Gasteiger partial charge in [-0.2, -0.15) is 0 Å². The first-order valence-corrected chi connectivity index (χ1v) is 6.37. The quantitative estimate of drug-likeness (QED) is 0.233. The van der Waals surface area contributed by atoms with E-state index in [9.17, 15) is 9.59 Å². The molecule has 0 aliphatic heterocycles. The molecule has 0 saturated carbocycles. The highest BCUT2D eigenvalue weighted by Crippen LogP contribution is 2.11. The number of rotatable bonds is 9. The summed E-state index contributed by atoms with van der Waals surface area (Å²) < 4.78 is 5.23. The van der Waals surface area contributed by atoms with Gasteiger partial charge in [-0.1, -0.05) is 13.8 Å². The Labute approximate surface area is 113 Å². The lowest BCUT2D eigenvalue weighted by atomic mass is 10.1. The van der Waals surface area contributed by atoms with Crippen molar-refractivity contribution in [2.45, 2.75) is 45.6 Å². The highest BCUT2D eigenvalue weighted by Gasteiger charge is 2.18. The van der Waals surface area contributed by atoms with Crippen LogP contribution in [0.2, 0.25) is 0 Å². The van der Waals surface area contributed by atoms with Crippen molar-refractivity contribution in [1.29, 1.82) is 0 Å². The molecule has 0 aliphatic rings. The molecule has 1 atom stereocenters. The molecule has 0 aromatic heterocycles. The van der Waals surface area contributed by atoms with Gasteiger partial charge in [0.25, 0.3) is 0 Å². The van der Waals surface area contributed by atoms with E-state index in [1.807, 2.05) is 0 Å². The number of ether oxygens (including phenoxy) is 1. The van der Waals surface area contributed by atoms with E-state index in [1.165, 1.54) is 0 Å². The molecule has 1 amide bonds. The van der Waals surface area contributed by atoms with E-state index in [0.717, 1.165) is 12.8 Å². The number of unbranched alkanes of at least 4 members (excludes halogenated alkanes) is 1. The van der Waals surface area contributed by atoms with Gasteiger partial charge in [0, 0.05) is 6.54 Å².